The van der Waals surface area contributed by atoms with Crippen LogP contribution < -0.4 is 0 Å². The van der Waals surface area contributed by atoms with Crippen LogP contribution in [-0.4, -0.2) is 29.0 Å². The summed E-state index contributed by atoms with van der Waals surface area (Å²) in [6.07, 6.45) is 0. The van der Waals surface area contributed by atoms with Gasteiger partial charge >= 0.3 is 70.1 Å². The first-order valence-corrected chi connectivity index (χ1v) is 6.42. The molecule has 2 aromatic rings. The number of rotatable bonds is 0. The summed E-state index contributed by atoms with van der Waals surface area (Å²) >= 11 is 6.98. The van der Waals surface area contributed by atoms with Gasteiger partial charge in [-0.25, -0.2) is 0 Å². The molecule has 0 N–H and O–H groups in total. The molecule has 3 heteroatoms. The van der Waals surface area contributed by atoms with Gasteiger partial charge in [0.1, 0.15) is 0 Å². The van der Waals surface area contributed by atoms with E-state index in [-0.39, 0.29) is 0 Å². The van der Waals surface area contributed by atoms with Gasteiger partial charge in [-0.05, 0) is 0 Å². The van der Waals surface area contributed by atoms with Crippen LogP contribution in [0.2, 0.25) is 3.90 Å². The van der Waals surface area contributed by atoms with Crippen LogP contribution in [0.4, 0.5) is 0 Å². The zero-order chi connectivity index (χ0) is 6.27. The van der Waals surface area contributed by atoms with Crippen molar-refractivity contribution in [3.05, 3.63) is 21.0 Å². The van der Waals surface area contributed by atoms with Gasteiger partial charge in [0, 0.05) is 0 Å². The molecule has 0 unspecified atom stereocenters. The first-order valence-electron chi connectivity index (χ1n) is 2.49. The molecule has 0 spiro atoms. The summed E-state index contributed by atoms with van der Waals surface area (Å²) in [4.78, 5) is 2.26. The molecule has 0 bridgehead atoms. The maximum atomic E-state index is 5.84. The Morgan fingerprint density at radius 1 is 1.44 bits per heavy atom. The Labute approximate surface area is 69.9 Å². The second kappa shape index (κ2) is 2.30. The monoisotopic (exact) mass is 270 g/mol. The quantitative estimate of drug-likeness (QED) is 0.637. The molecule has 2 rings (SSSR count). The van der Waals surface area contributed by atoms with E-state index in [4.69, 9.17) is 11.6 Å². The molecule has 0 amide bonds. The van der Waals surface area contributed by atoms with Crippen LogP contribution in [0.3, 0.4) is 0 Å². The van der Waals surface area contributed by atoms with Crippen molar-refractivity contribution in [2.24, 2.45) is 0 Å². The van der Waals surface area contributed by atoms with E-state index in [0.717, 1.165) is 3.90 Å². The summed E-state index contributed by atoms with van der Waals surface area (Å²) in [6.45, 7) is 0. The van der Waals surface area contributed by atoms with Gasteiger partial charge in [-0.15, -0.1) is 0 Å². The van der Waals surface area contributed by atoms with Gasteiger partial charge < -0.3 is 0 Å². The Bertz CT molecular complexity index is 292. The fourth-order valence-electron chi connectivity index (χ4n) is 0.736. The molecule has 46 valence electrons. The van der Waals surface area contributed by atoms with Crippen molar-refractivity contribution in [1.82, 2.24) is 0 Å². The van der Waals surface area contributed by atoms with Crippen molar-refractivity contribution in [3.8, 4) is 0 Å². The molecule has 2 heterocycles. The van der Waals surface area contributed by atoms with Gasteiger partial charge in [-0.1, -0.05) is 0 Å². The molecule has 0 atom stereocenters. The van der Waals surface area contributed by atoms with Crippen molar-refractivity contribution in [1.29, 1.82) is 0 Å². The van der Waals surface area contributed by atoms with E-state index in [1.54, 1.807) is 3.13 Å². The molecule has 0 saturated carbocycles. The standard InChI is InChI=1S/C6H3ClSe2/c7-5-3-4-1-2-8-6(4)9-5/h1-3H. The molecule has 0 fully saturated rings. The summed E-state index contributed by atoms with van der Waals surface area (Å²) in [5.74, 6) is 0. The SMILES string of the molecule is Clc1cc2cc[se]c2[se]1. The summed E-state index contributed by atoms with van der Waals surface area (Å²) in [6, 6.07) is 4.29. The zero-order valence-electron chi connectivity index (χ0n) is 4.43. The Morgan fingerprint density at radius 3 is 3.11 bits per heavy atom. The fraction of sp³-hybridized carbons (Fsp3) is 0. The topological polar surface area (TPSA) is 0 Å². The van der Waals surface area contributed by atoms with Crippen molar-refractivity contribution >= 4 is 49.1 Å². The summed E-state index contributed by atoms with van der Waals surface area (Å²) in [5, 5.41) is 1.40. The van der Waals surface area contributed by atoms with Crippen LogP contribution in [0.15, 0.2) is 17.1 Å². The number of hydrogen-bond acceptors (Lipinski definition) is 0. The van der Waals surface area contributed by atoms with Gasteiger partial charge in [0.05, 0.1) is 0 Å². The third kappa shape index (κ3) is 1.07. The molecular weight excluding hydrogens is 265 g/mol. The van der Waals surface area contributed by atoms with Crippen molar-refractivity contribution in [2.45, 2.75) is 0 Å². The predicted octanol–water partition coefficient (Wildman–Crippen LogP) is 1.61. The van der Waals surface area contributed by atoms with Gasteiger partial charge in [0.25, 0.3) is 0 Å². The van der Waals surface area contributed by atoms with Crippen LogP contribution in [0, 0.1) is 0 Å². The van der Waals surface area contributed by atoms with Crippen molar-refractivity contribution in [3.63, 3.8) is 0 Å². The molecular formula is C6H3ClSe2. The van der Waals surface area contributed by atoms with E-state index in [2.05, 4.69) is 17.1 Å². The van der Waals surface area contributed by atoms with Crippen LogP contribution >= 0.6 is 11.6 Å². The minimum absolute atomic E-state index is 0.500. The van der Waals surface area contributed by atoms with Crippen LogP contribution in [0.1, 0.15) is 0 Å². The van der Waals surface area contributed by atoms with E-state index in [1.165, 1.54) is 5.39 Å². The summed E-state index contributed by atoms with van der Waals surface area (Å²) < 4.78 is 2.68. The number of halogens is 1. The van der Waals surface area contributed by atoms with E-state index in [9.17, 15) is 0 Å². The Balaban J connectivity index is 2.92. The van der Waals surface area contributed by atoms with E-state index in [0.29, 0.717) is 29.0 Å². The molecule has 0 aliphatic carbocycles. The van der Waals surface area contributed by atoms with Crippen LogP contribution in [0.5, 0.6) is 0 Å². The Kier molecular flexibility index (Phi) is 1.60. The molecule has 0 saturated heterocycles. The van der Waals surface area contributed by atoms with Gasteiger partial charge in [0.15, 0.2) is 0 Å². The van der Waals surface area contributed by atoms with Crippen molar-refractivity contribution in [2.75, 3.05) is 0 Å². The molecule has 0 nitrogen and oxygen atoms in total. The maximum absolute atomic E-state index is 5.84. The molecule has 0 aromatic carbocycles. The average molecular weight is 268 g/mol. The third-order valence-corrected chi connectivity index (χ3v) is 6.64. The fourth-order valence-corrected chi connectivity index (χ4v) is 6.54. The number of fused-ring (bicyclic) bond motifs is 1. The minimum atomic E-state index is 0.500. The molecule has 0 radical (unpaired) electrons. The average Bonchev–Trinajstić information content (AvgIpc) is 2.22. The normalized spacial score (nSPS) is 10.8. The molecule has 0 aliphatic rings. The van der Waals surface area contributed by atoms with E-state index < -0.39 is 0 Å². The number of hydrogen-bond donors (Lipinski definition) is 0. The zero-order valence-corrected chi connectivity index (χ0v) is 8.61. The van der Waals surface area contributed by atoms with Crippen molar-refractivity contribution < 1.29 is 0 Å². The van der Waals surface area contributed by atoms with Crippen LogP contribution in [0.25, 0.3) is 8.52 Å². The van der Waals surface area contributed by atoms with Crippen LogP contribution in [-0.2, 0) is 0 Å². The second-order valence-corrected chi connectivity index (χ2v) is 8.07. The second-order valence-electron chi connectivity index (χ2n) is 1.71. The molecule has 9 heavy (non-hydrogen) atoms. The van der Waals surface area contributed by atoms with Gasteiger partial charge in [-0.3, -0.25) is 0 Å². The predicted molar refractivity (Wildman–Crippen MR) is 42.8 cm³/mol. The molecule has 0 aliphatic heterocycles. The third-order valence-electron chi connectivity index (χ3n) is 1.12. The Hall–Kier alpha value is 0.549. The van der Waals surface area contributed by atoms with E-state index >= 15 is 0 Å². The first kappa shape index (κ1) is 6.27. The molecule has 2 aromatic heterocycles. The first-order chi connectivity index (χ1) is 4.36. The van der Waals surface area contributed by atoms with Gasteiger partial charge in [-0.2, -0.15) is 0 Å². The summed E-state index contributed by atoms with van der Waals surface area (Å²) in [7, 11) is 0. The van der Waals surface area contributed by atoms with E-state index in [1.807, 2.05) is 0 Å². The Morgan fingerprint density at radius 2 is 2.33 bits per heavy atom. The van der Waals surface area contributed by atoms with Gasteiger partial charge in [0.2, 0.25) is 0 Å². The summed E-state index contributed by atoms with van der Waals surface area (Å²) in [5.41, 5.74) is 0.